The van der Waals surface area contributed by atoms with E-state index in [-0.39, 0.29) is 12.5 Å². The summed E-state index contributed by atoms with van der Waals surface area (Å²) in [6.45, 7) is 5.47. The Morgan fingerprint density at radius 1 is 1.33 bits per heavy atom. The van der Waals surface area contributed by atoms with Crippen molar-refractivity contribution in [3.8, 4) is 0 Å². The number of morpholine rings is 1. The molecule has 0 aromatic rings. The van der Waals surface area contributed by atoms with Gasteiger partial charge in [-0.3, -0.25) is 9.69 Å². The van der Waals surface area contributed by atoms with Crippen LogP contribution in [0.3, 0.4) is 0 Å². The zero-order chi connectivity index (χ0) is 10.7. The Balaban J connectivity index is 1.83. The lowest BCUT2D eigenvalue weighted by Gasteiger charge is -2.32. The van der Waals surface area contributed by atoms with Gasteiger partial charge in [0.05, 0.1) is 19.8 Å². The highest BCUT2D eigenvalue weighted by Crippen LogP contribution is 2.16. The Morgan fingerprint density at radius 3 is 2.73 bits per heavy atom. The number of rotatable bonds is 2. The topological polar surface area (TPSA) is 58.8 Å². The number of hydrogen-bond acceptors (Lipinski definition) is 4. The largest absolute Gasteiger partial charge is 0.379 e. The molecule has 5 heteroatoms. The highest BCUT2D eigenvalue weighted by atomic mass is 16.5. The smallest absolute Gasteiger partial charge is 0.236 e. The van der Waals surface area contributed by atoms with Crippen LogP contribution in [0, 0.1) is 0 Å². The van der Waals surface area contributed by atoms with Crippen LogP contribution in [0.15, 0.2) is 0 Å². The summed E-state index contributed by atoms with van der Waals surface area (Å²) in [6.07, 6.45) is 1.08. The number of nitrogens with two attached hydrogens (primary N) is 1. The molecule has 2 aliphatic heterocycles. The molecule has 5 nitrogen and oxygen atoms in total. The van der Waals surface area contributed by atoms with E-state index in [1.807, 2.05) is 4.90 Å². The first kappa shape index (κ1) is 10.9. The summed E-state index contributed by atoms with van der Waals surface area (Å²) in [7, 11) is 0. The van der Waals surface area contributed by atoms with Gasteiger partial charge in [0.15, 0.2) is 0 Å². The number of likely N-dealkylation sites (tertiary alicyclic amines) is 1. The number of carbonyl (C=O) groups is 1. The molecule has 2 saturated heterocycles. The molecular formula is C10H19N3O2. The van der Waals surface area contributed by atoms with Crippen molar-refractivity contribution in [3.05, 3.63) is 0 Å². The zero-order valence-electron chi connectivity index (χ0n) is 9.02. The Hall–Kier alpha value is -0.650. The Kier molecular flexibility index (Phi) is 3.56. The molecule has 0 aromatic heterocycles. The first-order chi connectivity index (χ1) is 7.31. The molecule has 0 aliphatic carbocycles. The SMILES string of the molecule is NCC(=O)N1CCC(N2CCOCC2)C1. The van der Waals surface area contributed by atoms with Crippen molar-refractivity contribution in [2.75, 3.05) is 45.9 Å². The summed E-state index contributed by atoms with van der Waals surface area (Å²) in [5.74, 6) is 0.0748. The highest BCUT2D eigenvalue weighted by molar-refractivity contribution is 5.78. The molecule has 2 fully saturated rings. The summed E-state index contributed by atoms with van der Waals surface area (Å²) >= 11 is 0. The second kappa shape index (κ2) is 4.92. The van der Waals surface area contributed by atoms with E-state index >= 15 is 0 Å². The predicted octanol–water partition coefficient (Wildman–Crippen LogP) is -1.12. The van der Waals surface area contributed by atoms with Crippen LogP contribution in [0.1, 0.15) is 6.42 Å². The Morgan fingerprint density at radius 2 is 2.07 bits per heavy atom. The molecule has 2 heterocycles. The van der Waals surface area contributed by atoms with Crippen LogP contribution in [0.25, 0.3) is 0 Å². The van der Waals surface area contributed by atoms with Gasteiger partial charge in [0.25, 0.3) is 0 Å². The molecule has 2 N–H and O–H groups in total. The molecule has 15 heavy (non-hydrogen) atoms. The van der Waals surface area contributed by atoms with Crippen LogP contribution < -0.4 is 5.73 Å². The van der Waals surface area contributed by atoms with Gasteiger partial charge in [-0.05, 0) is 6.42 Å². The lowest BCUT2D eigenvalue weighted by Crippen LogP contribution is -2.45. The second-order valence-corrected chi connectivity index (χ2v) is 4.13. The molecule has 1 amide bonds. The van der Waals surface area contributed by atoms with Crippen LogP contribution in [0.2, 0.25) is 0 Å². The summed E-state index contributed by atoms with van der Waals surface area (Å²) in [5, 5.41) is 0. The fourth-order valence-electron chi connectivity index (χ4n) is 2.34. The molecule has 2 aliphatic rings. The van der Waals surface area contributed by atoms with Gasteiger partial charge in [0.2, 0.25) is 5.91 Å². The molecule has 0 aromatic carbocycles. The predicted molar refractivity (Wildman–Crippen MR) is 56.4 cm³/mol. The van der Waals surface area contributed by atoms with Gasteiger partial charge in [-0.2, -0.15) is 0 Å². The average molecular weight is 213 g/mol. The van der Waals surface area contributed by atoms with Crippen molar-refractivity contribution in [2.24, 2.45) is 5.73 Å². The number of amides is 1. The van der Waals surface area contributed by atoms with E-state index in [0.29, 0.717) is 6.04 Å². The van der Waals surface area contributed by atoms with Crippen LogP contribution in [0.5, 0.6) is 0 Å². The van der Waals surface area contributed by atoms with E-state index in [9.17, 15) is 4.79 Å². The summed E-state index contributed by atoms with van der Waals surface area (Å²) in [4.78, 5) is 15.7. The molecule has 1 unspecified atom stereocenters. The van der Waals surface area contributed by atoms with Gasteiger partial charge in [-0.1, -0.05) is 0 Å². The van der Waals surface area contributed by atoms with Gasteiger partial charge in [0.1, 0.15) is 0 Å². The molecule has 86 valence electrons. The Labute approximate surface area is 90.1 Å². The number of ether oxygens (including phenoxy) is 1. The minimum Gasteiger partial charge on any atom is -0.379 e. The molecule has 0 saturated carbocycles. The number of nitrogens with zero attached hydrogens (tertiary/aromatic N) is 2. The lowest BCUT2D eigenvalue weighted by molar-refractivity contribution is -0.128. The lowest BCUT2D eigenvalue weighted by atomic mass is 10.2. The molecule has 1 atom stereocenters. The van der Waals surface area contributed by atoms with Gasteiger partial charge >= 0.3 is 0 Å². The summed E-state index contributed by atoms with van der Waals surface area (Å²) in [6, 6.07) is 0.518. The first-order valence-corrected chi connectivity index (χ1v) is 5.61. The van der Waals surface area contributed by atoms with Gasteiger partial charge < -0.3 is 15.4 Å². The van der Waals surface area contributed by atoms with Crippen LogP contribution in [0.4, 0.5) is 0 Å². The first-order valence-electron chi connectivity index (χ1n) is 5.61. The van der Waals surface area contributed by atoms with Crippen LogP contribution in [-0.4, -0.2) is 67.7 Å². The average Bonchev–Trinajstić information content (AvgIpc) is 2.78. The summed E-state index contributed by atoms with van der Waals surface area (Å²) in [5.41, 5.74) is 5.35. The van der Waals surface area contributed by atoms with E-state index in [0.717, 1.165) is 45.8 Å². The third-order valence-corrected chi connectivity index (χ3v) is 3.25. The van der Waals surface area contributed by atoms with Gasteiger partial charge in [-0.15, -0.1) is 0 Å². The Bertz CT molecular complexity index is 229. The highest BCUT2D eigenvalue weighted by Gasteiger charge is 2.30. The van der Waals surface area contributed by atoms with E-state index in [1.165, 1.54) is 0 Å². The van der Waals surface area contributed by atoms with E-state index in [1.54, 1.807) is 0 Å². The fraction of sp³-hybridized carbons (Fsp3) is 0.900. The minimum absolute atomic E-state index is 0.0748. The molecule has 2 rings (SSSR count). The van der Waals surface area contributed by atoms with Crippen molar-refractivity contribution >= 4 is 5.91 Å². The third kappa shape index (κ3) is 2.48. The fourth-order valence-corrected chi connectivity index (χ4v) is 2.34. The van der Waals surface area contributed by atoms with Crippen molar-refractivity contribution in [3.63, 3.8) is 0 Å². The standard InChI is InChI=1S/C10H19N3O2/c11-7-10(14)13-2-1-9(8-13)12-3-5-15-6-4-12/h9H,1-8,11H2. The molecule has 0 spiro atoms. The maximum Gasteiger partial charge on any atom is 0.236 e. The number of hydrogen-bond donors (Lipinski definition) is 1. The van der Waals surface area contributed by atoms with Crippen molar-refractivity contribution in [1.29, 1.82) is 0 Å². The van der Waals surface area contributed by atoms with E-state index in [2.05, 4.69) is 4.90 Å². The van der Waals surface area contributed by atoms with Crippen molar-refractivity contribution in [1.82, 2.24) is 9.80 Å². The van der Waals surface area contributed by atoms with Crippen LogP contribution >= 0.6 is 0 Å². The molecular weight excluding hydrogens is 194 g/mol. The summed E-state index contributed by atoms with van der Waals surface area (Å²) < 4.78 is 5.31. The molecule has 0 radical (unpaired) electrons. The van der Waals surface area contributed by atoms with E-state index in [4.69, 9.17) is 10.5 Å². The third-order valence-electron chi connectivity index (χ3n) is 3.25. The maximum absolute atomic E-state index is 11.4. The zero-order valence-corrected chi connectivity index (χ0v) is 9.02. The monoisotopic (exact) mass is 213 g/mol. The van der Waals surface area contributed by atoms with Gasteiger partial charge in [-0.25, -0.2) is 0 Å². The van der Waals surface area contributed by atoms with Gasteiger partial charge in [0, 0.05) is 32.2 Å². The van der Waals surface area contributed by atoms with Crippen molar-refractivity contribution < 1.29 is 9.53 Å². The minimum atomic E-state index is 0.0748. The van der Waals surface area contributed by atoms with E-state index < -0.39 is 0 Å². The van der Waals surface area contributed by atoms with Crippen LogP contribution in [-0.2, 0) is 9.53 Å². The van der Waals surface area contributed by atoms with Crippen molar-refractivity contribution in [2.45, 2.75) is 12.5 Å². The number of carbonyl (C=O) groups excluding carboxylic acids is 1. The quantitative estimate of drug-likeness (QED) is 0.631. The second-order valence-electron chi connectivity index (χ2n) is 4.13. The molecule has 0 bridgehead atoms. The maximum atomic E-state index is 11.4. The normalized spacial score (nSPS) is 28.3.